The fraction of sp³-hybridized carbons (Fsp3) is 0.300. The Labute approximate surface area is 158 Å². The summed E-state index contributed by atoms with van der Waals surface area (Å²) in [7, 11) is -1.19. The number of Topliss-reactive ketones (excluding diaryl/α,β-unsaturated/α-hetero) is 1. The standard InChI is InChI=1S/C20H21BN2O4/c1-12(24)17-4-2-3-14-9-18(21(26)27-20(14)17)23-19(25)8-13-5-6-15-10-22-11-16(15)7-13/h2-7,18,22,26H,8-11H2,1H3,(H,23,25)/t18-/m0/s1. The molecule has 6 nitrogen and oxygen atoms in total. The van der Waals surface area contributed by atoms with Gasteiger partial charge in [0.15, 0.2) is 5.78 Å². The molecule has 0 saturated carbocycles. The summed E-state index contributed by atoms with van der Waals surface area (Å²) in [5.41, 5.74) is 4.70. The van der Waals surface area contributed by atoms with Crippen LogP contribution >= 0.6 is 0 Å². The molecule has 2 aromatic carbocycles. The molecule has 0 fully saturated rings. The zero-order valence-electron chi connectivity index (χ0n) is 15.1. The van der Waals surface area contributed by atoms with Crippen molar-refractivity contribution in [2.45, 2.75) is 38.8 Å². The Morgan fingerprint density at radius 1 is 1.22 bits per heavy atom. The molecule has 0 bridgehead atoms. The molecule has 2 aliphatic heterocycles. The average Bonchev–Trinajstić information content (AvgIpc) is 3.09. The zero-order chi connectivity index (χ0) is 19.0. The van der Waals surface area contributed by atoms with E-state index in [1.807, 2.05) is 12.1 Å². The highest BCUT2D eigenvalue weighted by Crippen LogP contribution is 2.30. The maximum absolute atomic E-state index is 12.5. The van der Waals surface area contributed by atoms with Crippen LogP contribution in [0.2, 0.25) is 0 Å². The number of para-hydroxylation sites is 1. The second-order valence-electron chi connectivity index (χ2n) is 7.12. The van der Waals surface area contributed by atoms with Gasteiger partial charge in [-0.05, 0) is 41.7 Å². The van der Waals surface area contributed by atoms with Crippen LogP contribution in [0.15, 0.2) is 36.4 Å². The Morgan fingerprint density at radius 2 is 2.04 bits per heavy atom. The molecule has 0 saturated heterocycles. The predicted octanol–water partition coefficient (Wildman–Crippen LogP) is 1.17. The fourth-order valence-corrected chi connectivity index (χ4v) is 3.73. The molecule has 0 aromatic heterocycles. The highest BCUT2D eigenvalue weighted by molar-refractivity contribution is 6.47. The molecule has 2 aromatic rings. The van der Waals surface area contributed by atoms with Crippen molar-refractivity contribution in [3.05, 3.63) is 64.2 Å². The summed E-state index contributed by atoms with van der Waals surface area (Å²) in [4.78, 5) is 24.2. The normalized spacial score (nSPS) is 17.7. The molecule has 2 heterocycles. The molecular weight excluding hydrogens is 343 g/mol. The van der Waals surface area contributed by atoms with E-state index in [9.17, 15) is 14.6 Å². The first-order valence-corrected chi connectivity index (χ1v) is 9.09. The SMILES string of the molecule is CC(=O)c1cccc2c1OB(O)[C@@H](NC(=O)Cc1ccc3c(c1)CNC3)C2. The van der Waals surface area contributed by atoms with E-state index in [0.29, 0.717) is 17.7 Å². The van der Waals surface area contributed by atoms with Crippen LogP contribution in [0.4, 0.5) is 0 Å². The molecule has 4 rings (SSSR count). The second kappa shape index (κ2) is 7.17. The van der Waals surface area contributed by atoms with Gasteiger partial charge in [-0.25, -0.2) is 0 Å². The van der Waals surface area contributed by atoms with Crippen molar-refractivity contribution in [2.24, 2.45) is 0 Å². The van der Waals surface area contributed by atoms with E-state index < -0.39 is 13.1 Å². The molecule has 0 unspecified atom stereocenters. The molecule has 0 spiro atoms. The number of rotatable bonds is 4. The first kappa shape index (κ1) is 17.8. The van der Waals surface area contributed by atoms with Crippen molar-refractivity contribution >= 4 is 18.8 Å². The van der Waals surface area contributed by atoms with Crippen LogP contribution in [0.25, 0.3) is 0 Å². The number of hydrogen-bond acceptors (Lipinski definition) is 5. The van der Waals surface area contributed by atoms with Crippen molar-refractivity contribution in [1.82, 2.24) is 10.6 Å². The third kappa shape index (κ3) is 3.61. The fourth-order valence-electron chi connectivity index (χ4n) is 3.73. The van der Waals surface area contributed by atoms with Gasteiger partial charge in [0.2, 0.25) is 5.91 Å². The Kier molecular flexibility index (Phi) is 4.72. The lowest BCUT2D eigenvalue weighted by molar-refractivity contribution is -0.120. The third-order valence-corrected chi connectivity index (χ3v) is 5.11. The first-order chi connectivity index (χ1) is 13.0. The van der Waals surface area contributed by atoms with E-state index in [-0.39, 0.29) is 18.1 Å². The van der Waals surface area contributed by atoms with Gasteiger partial charge in [-0.3, -0.25) is 9.59 Å². The van der Waals surface area contributed by atoms with Gasteiger partial charge in [-0.1, -0.05) is 30.3 Å². The topological polar surface area (TPSA) is 87.7 Å². The van der Waals surface area contributed by atoms with Gasteiger partial charge in [0.1, 0.15) is 5.75 Å². The lowest BCUT2D eigenvalue weighted by atomic mass is 9.72. The highest BCUT2D eigenvalue weighted by atomic mass is 16.5. The molecule has 1 atom stereocenters. The average molecular weight is 364 g/mol. The number of carbonyl (C=O) groups is 2. The molecule has 0 radical (unpaired) electrons. The molecule has 0 aliphatic carbocycles. The summed E-state index contributed by atoms with van der Waals surface area (Å²) >= 11 is 0. The Balaban J connectivity index is 1.44. The number of nitrogens with one attached hydrogen (secondary N) is 2. The van der Waals surface area contributed by atoms with Gasteiger partial charge in [0.25, 0.3) is 0 Å². The second-order valence-corrected chi connectivity index (χ2v) is 7.12. The van der Waals surface area contributed by atoms with Crippen LogP contribution < -0.4 is 15.3 Å². The number of benzene rings is 2. The summed E-state index contributed by atoms with van der Waals surface area (Å²) in [6.07, 6.45) is 0.661. The van der Waals surface area contributed by atoms with Crippen molar-refractivity contribution in [3.8, 4) is 5.75 Å². The van der Waals surface area contributed by atoms with Gasteiger partial charge in [0.05, 0.1) is 17.9 Å². The van der Waals surface area contributed by atoms with E-state index in [4.69, 9.17) is 4.65 Å². The van der Waals surface area contributed by atoms with Crippen LogP contribution in [0.5, 0.6) is 5.75 Å². The van der Waals surface area contributed by atoms with E-state index in [1.165, 1.54) is 18.1 Å². The van der Waals surface area contributed by atoms with E-state index in [0.717, 1.165) is 24.2 Å². The maximum atomic E-state index is 12.5. The number of amides is 1. The van der Waals surface area contributed by atoms with Gasteiger partial charge >= 0.3 is 7.12 Å². The predicted molar refractivity (Wildman–Crippen MR) is 101 cm³/mol. The Hall–Kier alpha value is -2.64. The van der Waals surface area contributed by atoms with Crippen LogP contribution in [-0.2, 0) is 30.7 Å². The molecular formula is C20H21BN2O4. The lowest BCUT2D eigenvalue weighted by Gasteiger charge is -2.29. The summed E-state index contributed by atoms with van der Waals surface area (Å²) in [5, 5.41) is 16.5. The molecule has 27 heavy (non-hydrogen) atoms. The minimum Gasteiger partial charge on any atom is -0.534 e. The van der Waals surface area contributed by atoms with E-state index in [2.05, 4.69) is 22.8 Å². The van der Waals surface area contributed by atoms with Crippen LogP contribution in [0.1, 0.15) is 39.5 Å². The van der Waals surface area contributed by atoms with Gasteiger partial charge in [-0.15, -0.1) is 0 Å². The summed E-state index contributed by atoms with van der Waals surface area (Å²) in [6.45, 7) is 3.16. The van der Waals surface area contributed by atoms with E-state index >= 15 is 0 Å². The Morgan fingerprint density at radius 3 is 2.85 bits per heavy atom. The monoisotopic (exact) mass is 364 g/mol. The molecule has 2 aliphatic rings. The van der Waals surface area contributed by atoms with Crippen molar-refractivity contribution < 1.29 is 19.3 Å². The van der Waals surface area contributed by atoms with Crippen LogP contribution in [0, 0.1) is 0 Å². The molecule has 1 amide bonds. The lowest BCUT2D eigenvalue weighted by Crippen LogP contribution is -2.53. The summed E-state index contributed by atoms with van der Waals surface area (Å²) in [6, 6.07) is 11.4. The van der Waals surface area contributed by atoms with Crippen molar-refractivity contribution in [1.29, 1.82) is 0 Å². The number of hydrogen-bond donors (Lipinski definition) is 3. The minimum atomic E-state index is -1.19. The third-order valence-electron chi connectivity index (χ3n) is 5.11. The molecule has 3 N–H and O–H groups in total. The van der Waals surface area contributed by atoms with Crippen molar-refractivity contribution in [2.75, 3.05) is 0 Å². The maximum Gasteiger partial charge on any atom is 0.547 e. The van der Waals surface area contributed by atoms with Gasteiger partial charge < -0.3 is 20.3 Å². The van der Waals surface area contributed by atoms with Crippen molar-refractivity contribution in [3.63, 3.8) is 0 Å². The zero-order valence-corrected chi connectivity index (χ0v) is 15.1. The highest BCUT2D eigenvalue weighted by Gasteiger charge is 2.37. The van der Waals surface area contributed by atoms with Crippen LogP contribution in [0.3, 0.4) is 0 Å². The van der Waals surface area contributed by atoms with E-state index in [1.54, 1.807) is 12.1 Å². The number of carbonyl (C=O) groups excluding carboxylic acids is 2. The summed E-state index contributed by atoms with van der Waals surface area (Å²) < 4.78 is 5.56. The van der Waals surface area contributed by atoms with Gasteiger partial charge in [-0.2, -0.15) is 0 Å². The number of ketones is 1. The summed E-state index contributed by atoms with van der Waals surface area (Å²) in [5.74, 6) is -0.426. The minimum absolute atomic E-state index is 0.118. The molecule has 138 valence electrons. The largest absolute Gasteiger partial charge is 0.547 e. The number of fused-ring (bicyclic) bond motifs is 2. The molecule has 7 heteroatoms. The van der Waals surface area contributed by atoms with Crippen LogP contribution in [-0.4, -0.2) is 29.8 Å². The smallest absolute Gasteiger partial charge is 0.534 e. The first-order valence-electron chi connectivity index (χ1n) is 9.09. The van der Waals surface area contributed by atoms with Gasteiger partial charge in [0, 0.05) is 13.1 Å². The Bertz CT molecular complexity index is 915. The quantitative estimate of drug-likeness (QED) is 0.560.